The van der Waals surface area contributed by atoms with Gasteiger partial charge in [-0.05, 0) is 30.3 Å². The van der Waals surface area contributed by atoms with Crippen LogP contribution in [-0.4, -0.2) is 28.4 Å². The first-order valence-electron chi connectivity index (χ1n) is 7.76. The second kappa shape index (κ2) is 7.23. The molecule has 0 radical (unpaired) electrons. The number of ether oxygens (including phenoxy) is 2. The van der Waals surface area contributed by atoms with Crippen LogP contribution in [0.3, 0.4) is 0 Å². The summed E-state index contributed by atoms with van der Waals surface area (Å²) in [7, 11) is 0. The summed E-state index contributed by atoms with van der Waals surface area (Å²) in [5, 5.41) is 15.1. The van der Waals surface area contributed by atoms with E-state index in [1.165, 1.54) is 6.20 Å². The highest BCUT2D eigenvalue weighted by atomic mass is 35.5. The van der Waals surface area contributed by atoms with E-state index < -0.39 is 0 Å². The first-order valence-corrected chi connectivity index (χ1v) is 8.51. The van der Waals surface area contributed by atoms with Crippen LogP contribution in [0.2, 0.25) is 10.0 Å². The van der Waals surface area contributed by atoms with Crippen LogP contribution in [0.5, 0.6) is 11.5 Å². The first-order chi connectivity index (χ1) is 12.7. The van der Waals surface area contributed by atoms with Gasteiger partial charge in [-0.15, -0.1) is 5.10 Å². The third kappa shape index (κ3) is 3.74. The summed E-state index contributed by atoms with van der Waals surface area (Å²) in [4.78, 5) is 4.38. The molecule has 4 rings (SSSR count). The van der Waals surface area contributed by atoms with Crippen molar-refractivity contribution >= 4 is 46.3 Å². The van der Waals surface area contributed by atoms with Crippen LogP contribution in [0, 0.1) is 0 Å². The molecule has 7 nitrogen and oxygen atoms in total. The number of anilines is 4. The zero-order chi connectivity index (χ0) is 17.9. The summed E-state index contributed by atoms with van der Waals surface area (Å²) in [5.41, 5.74) is 1.43. The lowest BCUT2D eigenvalue weighted by atomic mass is 10.2. The van der Waals surface area contributed by atoms with E-state index in [0.717, 1.165) is 11.4 Å². The monoisotopic (exact) mass is 389 g/mol. The van der Waals surface area contributed by atoms with E-state index in [0.29, 0.717) is 46.5 Å². The first kappa shape index (κ1) is 16.7. The van der Waals surface area contributed by atoms with Gasteiger partial charge in [0.15, 0.2) is 17.3 Å². The molecule has 1 aliphatic rings. The van der Waals surface area contributed by atoms with Crippen LogP contribution in [0.1, 0.15) is 0 Å². The highest BCUT2D eigenvalue weighted by Crippen LogP contribution is 2.33. The Bertz CT molecular complexity index is 954. The quantitative estimate of drug-likeness (QED) is 0.682. The number of rotatable bonds is 4. The number of aromatic nitrogens is 3. The Hall–Kier alpha value is -2.77. The number of benzene rings is 2. The fourth-order valence-corrected chi connectivity index (χ4v) is 2.85. The second-order valence-electron chi connectivity index (χ2n) is 5.40. The lowest BCUT2D eigenvalue weighted by Gasteiger charge is -2.19. The Morgan fingerprint density at radius 3 is 2.62 bits per heavy atom. The van der Waals surface area contributed by atoms with Gasteiger partial charge in [0, 0.05) is 16.8 Å². The van der Waals surface area contributed by atoms with Crippen molar-refractivity contribution in [2.75, 3.05) is 23.8 Å². The van der Waals surface area contributed by atoms with E-state index in [2.05, 4.69) is 25.8 Å². The maximum absolute atomic E-state index is 6.15. The van der Waals surface area contributed by atoms with Gasteiger partial charge in [-0.2, -0.15) is 10.1 Å². The summed E-state index contributed by atoms with van der Waals surface area (Å²) in [6.45, 7) is 1.08. The van der Waals surface area contributed by atoms with E-state index >= 15 is 0 Å². The zero-order valence-electron chi connectivity index (χ0n) is 13.4. The normalized spacial score (nSPS) is 12.5. The van der Waals surface area contributed by atoms with E-state index in [1.807, 2.05) is 18.2 Å². The number of fused-ring (bicyclic) bond motifs is 1. The number of hydrogen-bond acceptors (Lipinski definition) is 7. The number of nitrogens with zero attached hydrogens (tertiary/aromatic N) is 3. The van der Waals surface area contributed by atoms with Gasteiger partial charge >= 0.3 is 0 Å². The summed E-state index contributed by atoms with van der Waals surface area (Å²) in [6, 6.07) is 10.7. The largest absolute Gasteiger partial charge is 0.486 e. The average molecular weight is 390 g/mol. The summed E-state index contributed by atoms with van der Waals surface area (Å²) >= 11 is 12.1. The molecule has 2 aromatic carbocycles. The van der Waals surface area contributed by atoms with Crippen LogP contribution in [0.15, 0.2) is 42.6 Å². The molecule has 0 amide bonds. The molecule has 9 heteroatoms. The minimum absolute atomic E-state index is 0.303. The van der Waals surface area contributed by atoms with Crippen molar-refractivity contribution in [2.24, 2.45) is 0 Å². The molecule has 2 N–H and O–H groups in total. The molecule has 26 heavy (non-hydrogen) atoms. The van der Waals surface area contributed by atoms with Gasteiger partial charge in [-0.25, -0.2) is 0 Å². The van der Waals surface area contributed by atoms with Crippen molar-refractivity contribution in [1.29, 1.82) is 0 Å². The van der Waals surface area contributed by atoms with Crippen molar-refractivity contribution in [3.8, 4) is 11.5 Å². The highest BCUT2D eigenvalue weighted by molar-refractivity contribution is 6.36. The number of hydrogen-bond donors (Lipinski definition) is 2. The van der Waals surface area contributed by atoms with Gasteiger partial charge in [-0.1, -0.05) is 23.2 Å². The van der Waals surface area contributed by atoms with E-state index in [4.69, 9.17) is 32.7 Å². The van der Waals surface area contributed by atoms with Gasteiger partial charge < -0.3 is 20.1 Å². The fourth-order valence-electron chi connectivity index (χ4n) is 2.40. The molecule has 1 aliphatic heterocycles. The summed E-state index contributed by atoms with van der Waals surface area (Å²) in [5.74, 6) is 2.23. The van der Waals surface area contributed by atoms with E-state index in [1.54, 1.807) is 18.2 Å². The highest BCUT2D eigenvalue weighted by Gasteiger charge is 2.12. The minimum Gasteiger partial charge on any atom is -0.486 e. The smallest absolute Gasteiger partial charge is 0.249 e. The van der Waals surface area contributed by atoms with Crippen LogP contribution in [0.25, 0.3) is 0 Å². The molecule has 0 saturated carbocycles. The molecule has 0 saturated heterocycles. The van der Waals surface area contributed by atoms with Gasteiger partial charge in [-0.3, -0.25) is 0 Å². The van der Waals surface area contributed by atoms with Gasteiger partial charge in [0.2, 0.25) is 5.95 Å². The van der Waals surface area contributed by atoms with E-state index in [9.17, 15) is 0 Å². The molecule has 0 atom stereocenters. The second-order valence-corrected chi connectivity index (χ2v) is 6.24. The third-order valence-electron chi connectivity index (χ3n) is 3.55. The molecule has 132 valence electrons. The van der Waals surface area contributed by atoms with E-state index in [-0.39, 0.29) is 0 Å². The molecule has 0 fully saturated rings. The fraction of sp³-hybridized carbons (Fsp3) is 0.118. The number of nitrogens with one attached hydrogen (secondary N) is 2. The lowest BCUT2D eigenvalue weighted by Crippen LogP contribution is -2.15. The molecule has 1 aromatic heterocycles. The van der Waals surface area contributed by atoms with Crippen molar-refractivity contribution in [2.45, 2.75) is 0 Å². The third-order valence-corrected chi connectivity index (χ3v) is 4.10. The molecule has 0 bridgehead atoms. The SMILES string of the molecule is Clc1ccc(Nc2nncc(Nc3ccc4c(c3)OCCO4)n2)c(Cl)c1. The topological polar surface area (TPSA) is 81.2 Å². The van der Waals surface area contributed by atoms with Crippen molar-refractivity contribution < 1.29 is 9.47 Å². The zero-order valence-corrected chi connectivity index (χ0v) is 14.9. The maximum atomic E-state index is 6.15. The van der Waals surface area contributed by atoms with Crippen molar-refractivity contribution in [3.63, 3.8) is 0 Å². The molecule has 2 heterocycles. The predicted octanol–water partition coefficient (Wildman–Crippen LogP) is 4.44. The molecular formula is C17H13Cl2N5O2. The van der Waals surface area contributed by atoms with Crippen LogP contribution < -0.4 is 20.1 Å². The van der Waals surface area contributed by atoms with Gasteiger partial charge in [0.1, 0.15) is 13.2 Å². The average Bonchev–Trinajstić information content (AvgIpc) is 2.64. The van der Waals surface area contributed by atoms with Crippen molar-refractivity contribution in [3.05, 3.63) is 52.6 Å². The minimum atomic E-state index is 0.303. The van der Waals surface area contributed by atoms with Crippen LogP contribution >= 0.6 is 23.2 Å². The lowest BCUT2D eigenvalue weighted by molar-refractivity contribution is 0.171. The summed E-state index contributed by atoms with van der Waals surface area (Å²) < 4.78 is 11.1. The Balaban J connectivity index is 1.52. The molecule has 0 unspecified atom stereocenters. The molecular weight excluding hydrogens is 377 g/mol. The molecule has 0 aliphatic carbocycles. The van der Waals surface area contributed by atoms with Crippen LogP contribution in [-0.2, 0) is 0 Å². The van der Waals surface area contributed by atoms with Gasteiger partial charge in [0.05, 0.1) is 16.9 Å². The standard InChI is InChI=1S/C17H13Cl2N5O2/c18-10-1-3-13(12(19)7-10)22-17-23-16(9-20-24-17)21-11-2-4-14-15(8-11)26-6-5-25-14/h1-4,7-9H,5-6H2,(H2,21,22,23,24). The van der Waals surface area contributed by atoms with Crippen molar-refractivity contribution in [1.82, 2.24) is 15.2 Å². The molecule has 0 spiro atoms. The summed E-state index contributed by atoms with van der Waals surface area (Å²) in [6.07, 6.45) is 1.52. The predicted molar refractivity (Wildman–Crippen MR) is 100 cm³/mol. The Labute approximate surface area is 159 Å². The Kier molecular flexibility index (Phi) is 4.64. The Morgan fingerprint density at radius 1 is 0.923 bits per heavy atom. The van der Waals surface area contributed by atoms with Gasteiger partial charge in [0.25, 0.3) is 0 Å². The maximum Gasteiger partial charge on any atom is 0.249 e. The molecule has 3 aromatic rings. The van der Waals surface area contributed by atoms with Crippen LogP contribution in [0.4, 0.5) is 23.1 Å². The number of halogens is 2. The Morgan fingerprint density at radius 2 is 1.77 bits per heavy atom.